The van der Waals surface area contributed by atoms with Crippen LogP contribution < -0.4 is 0 Å². The lowest BCUT2D eigenvalue weighted by molar-refractivity contribution is -0.0691. The van der Waals surface area contributed by atoms with Gasteiger partial charge in [-0.1, -0.05) is 6.92 Å². The van der Waals surface area contributed by atoms with Gasteiger partial charge in [0, 0.05) is 25.7 Å². The van der Waals surface area contributed by atoms with Gasteiger partial charge in [-0.2, -0.15) is 5.26 Å². The highest BCUT2D eigenvalue weighted by Gasteiger charge is 2.47. The average molecular weight is 225 g/mol. The van der Waals surface area contributed by atoms with Crippen molar-refractivity contribution in [2.24, 2.45) is 0 Å². The molecule has 4 heteroatoms. The number of likely N-dealkylation sites (tertiary alicyclic amines) is 1. The van der Waals surface area contributed by atoms with Gasteiger partial charge in [0.15, 0.2) is 0 Å². The van der Waals surface area contributed by atoms with E-state index in [9.17, 15) is 0 Å². The molecule has 1 saturated heterocycles. The van der Waals surface area contributed by atoms with Crippen molar-refractivity contribution in [1.29, 1.82) is 5.26 Å². The molecular formula is C12H23N3O. The van der Waals surface area contributed by atoms with Crippen LogP contribution in [-0.2, 0) is 0 Å². The lowest BCUT2D eigenvalue weighted by atomic mass is 9.83. The Morgan fingerprint density at radius 1 is 1.50 bits per heavy atom. The number of hydrogen-bond acceptors (Lipinski definition) is 4. The fourth-order valence-electron chi connectivity index (χ4n) is 2.50. The van der Waals surface area contributed by atoms with Crippen LogP contribution in [0, 0.1) is 11.3 Å². The molecule has 4 nitrogen and oxygen atoms in total. The molecule has 0 aromatic heterocycles. The molecule has 0 aromatic rings. The van der Waals surface area contributed by atoms with Crippen molar-refractivity contribution >= 4 is 0 Å². The van der Waals surface area contributed by atoms with E-state index >= 15 is 0 Å². The van der Waals surface area contributed by atoms with Crippen LogP contribution in [0.2, 0.25) is 0 Å². The monoisotopic (exact) mass is 225 g/mol. The maximum atomic E-state index is 9.06. The minimum atomic E-state index is -0.0174. The first-order valence-electron chi connectivity index (χ1n) is 6.06. The van der Waals surface area contributed by atoms with E-state index in [0.717, 1.165) is 19.6 Å². The van der Waals surface area contributed by atoms with E-state index in [4.69, 9.17) is 10.4 Å². The number of hydrogen-bond donors (Lipinski definition) is 1. The molecule has 0 unspecified atom stereocenters. The second kappa shape index (κ2) is 5.62. The van der Waals surface area contributed by atoms with Crippen LogP contribution in [-0.4, -0.2) is 59.3 Å². The predicted octanol–water partition coefficient (Wildman–Crippen LogP) is 0.677. The average Bonchev–Trinajstić information content (AvgIpc) is 2.19. The topological polar surface area (TPSA) is 50.5 Å². The Bertz CT molecular complexity index is 253. The van der Waals surface area contributed by atoms with E-state index in [2.05, 4.69) is 36.6 Å². The predicted molar refractivity (Wildman–Crippen MR) is 64.0 cm³/mol. The largest absolute Gasteiger partial charge is 0.395 e. The van der Waals surface area contributed by atoms with Crippen molar-refractivity contribution < 1.29 is 5.11 Å². The smallest absolute Gasteiger partial charge is 0.0642 e. The van der Waals surface area contributed by atoms with E-state index in [1.807, 2.05) is 0 Å². The fraction of sp³-hybridized carbons (Fsp3) is 0.917. The molecule has 0 spiro atoms. The summed E-state index contributed by atoms with van der Waals surface area (Å²) in [6.45, 7) is 10.1. The SMILES string of the molecule is CCN(CCO)C1(CC#N)CN(C(C)C)C1. The molecule has 0 amide bonds. The van der Waals surface area contributed by atoms with Crippen LogP contribution in [0.5, 0.6) is 0 Å². The zero-order valence-electron chi connectivity index (χ0n) is 10.6. The Balaban J connectivity index is 2.65. The third-order valence-corrected chi connectivity index (χ3v) is 3.56. The quantitative estimate of drug-likeness (QED) is 0.722. The summed E-state index contributed by atoms with van der Waals surface area (Å²) in [6.07, 6.45) is 0.560. The molecule has 0 atom stereocenters. The van der Waals surface area contributed by atoms with Gasteiger partial charge in [-0.25, -0.2) is 0 Å². The summed E-state index contributed by atoms with van der Waals surface area (Å²) in [5.41, 5.74) is -0.0174. The Hall–Kier alpha value is -0.630. The highest BCUT2D eigenvalue weighted by atomic mass is 16.3. The molecule has 0 bridgehead atoms. The van der Waals surface area contributed by atoms with Crippen LogP contribution in [0.4, 0.5) is 0 Å². The molecule has 0 saturated carbocycles. The molecule has 0 aromatic carbocycles. The molecule has 1 heterocycles. The van der Waals surface area contributed by atoms with Gasteiger partial charge in [-0.05, 0) is 20.4 Å². The van der Waals surface area contributed by atoms with Crippen LogP contribution >= 0.6 is 0 Å². The molecule has 92 valence electrons. The summed E-state index contributed by atoms with van der Waals surface area (Å²) in [5, 5.41) is 18.0. The lowest BCUT2D eigenvalue weighted by Crippen LogP contribution is -2.71. The molecular weight excluding hydrogens is 202 g/mol. The van der Waals surface area contributed by atoms with Gasteiger partial charge in [-0.3, -0.25) is 9.80 Å². The number of β-amino-alcohol motifs (C(OH)–C–C–N with tert-alkyl or cyclic N) is 1. The minimum Gasteiger partial charge on any atom is -0.395 e. The summed E-state index contributed by atoms with van der Waals surface area (Å²) in [5.74, 6) is 0. The third kappa shape index (κ3) is 2.54. The highest BCUT2D eigenvalue weighted by Crippen LogP contribution is 2.32. The summed E-state index contributed by atoms with van der Waals surface area (Å²) in [6, 6.07) is 2.83. The Kier molecular flexibility index (Phi) is 4.72. The van der Waals surface area contributed by atoms with Crippen molar-refractivity contribution in [1.82, 2.24) is 9.80 Å². The molecule has 16 heavy (non-hydrogen) atoms. The molecule has 1 aliphatic heterocycles. The minimum absolute atomic E-state index is 0.0174. The zero-order chi connectivity index (χ0) is 12.2. The van der Waals surface area contributed by atoms with Crippen molar-refractivity contribution in [3.63, 3.8) is 0 Å². The summed E-state index contributed by atoms with van der Waals surface area (Å²) in [4.78, 5) is 4.62. The van der Waals surface area contributed by atoms with Crippen LogP contribution in [0.25, 0.3) is 0 Å². The van der Waals surface area contributed by atoms with Gasteiger partial charge in [0.1, 0.15) is 0 Å². The first-order valence-corrected chi connectivity index (χ1v) is 6.06. The molecule has 1 aliphatic rings. The summed E-state index contributed by atoms with van der Waals surface area (Å²) in [7, 11) is 0. The lowest BCUT2D eigenvalue weighted by Gasteiger charge is -2.56. The Labute approximate surface area is 98.5 Å². The van der Waals surface area contributed by atoms with Crippen LogP contribution in [0.3, 0.4) is 0 Å². The standard InChI is InChI=1S/C12H23N3O/c1-4-15(7-8-16)12(5-6-13)9-14(10-12)11(2)3/h11,16H,4-5,7-10H2,1-3H3. The number of aliphatic hydroxyl groups excluding tert-OH is 1. The number of nitriles is 1. The molecule has 0 radical (unpaired) electrons. The fourth-order valence-corrected chi connectivity index (χ4v) is 2.50. The highest BCUT2D eigenvalue weighted by molar-refractivity contribution is 5.08. The maximum Gasteiger partial charge on any atom is 0.0642 e. The summed E-state index contributed by atoms with van der Waals surface area (Å²) < 4.78 is 0. The third-order valence-electron chi connectivity index (χ3n) is 3.56. The first-order chi connectivity index (χ1) is 7.59. The van der Waals surface area contributed by atoms with Gasteiger partial charge in [0.2, 0.25) is 0 Å². The molecule has 1 fully saturated rings. The Morgan fingerprint density at radius 2 is 2.12 bits per heavy atom. The van der Waals surface area contributed by atoms with Crippen LogP contribution in [0.15, 0.2) is 0 Å². The van der Waals surface area contributed by atoms with Gasteiger partial charge < -0.3 is 5.11 Å². The van der Waals surface area contributed by atoms with Gasteiger partial charge in [0.05, 0.1) is 24.6 Å². The normalized spacial score (nSPS) is 19.8. The molecule has 0 aliphatic carbocycles. The van der Waals surface area contributed by atoms with E-state index in [1.165, 1.54) is 0 Å². The second-order valence-corrected chi connectivity index (χ2v) is 4.86. The number of aliphatic hydroxyl groups is 1. The number of rotatable bonds is 6. The summed E-state index contributed by atoms with van der Waals surface area (Å²) >= 11 is 0. The van der Waals surface area contributed by atoms with Gasteiger partial charge in [0.25, 0.3) is 0 Å². The number of likely N-dealkylation sites (N-methyl/N-ethyl adjacent to an activating group) is 1. The maximum absolute atomic E-state index is 9.06. The molecule has 1 rings (SSSR count). The van der Waals surface area contributed by atoms with Crippen molar-refractivity contribution in [2.75, 3.05) is 32.8 Å². The van der Waals surface area contributed by atoms with Crippen molar-refractivity contribution in [3.8, 4) is 6.07 Å². The zero-order valence-corrected chi connectivity index (χ0v) is 10.6. The first kappa shape index (κ1) is 13.4. The van der Waals surface area contributed by atoms with Crippen molar-refractivity contribution in [2.45, 2.75) is 38.8 Å². The second-order valence-electron chi connectivity index (χ2n) is 4.86. The van der Waals surface area contributed by atoms with E-state index in [1.54, 1.807) is 0 Å². The molecule has 1 N–H and O–H groups in total. The Morgan fingerprint density at radius 3 is 2.50 bits per heavy atom. The van der Waals surface area contributed by atoms with E-state index < -0.39 is 0 Å². The van der Waals surface area contributed by atoms with Gasteiger partial charge >= 0.3 is 0 Å². The van der Waals surface area contributed by atoms with E-state index in [-0.39, 0.29) is 12.1 Å². The van der Waals surface area contributed by atoms with Gasteiger partial charge in [-0.15, -0.1) is 0 Å². The van der Waals surface area contributed by atoms with Crippen LogP contribution in [0.1, 0.15) is 27.2 Å². The van der Waals surface area contributed by atoms with Crippen molar-refractivity contribution in [3.05, 3.63) is 0 Å². The number of nitrogens with zero attached hydrogens (tertiary/aromatic N) is 3. The van der Waals surface area contributed by atoms with E-state index in [0.29, 0.717) is 19.0 Å².